The Morgan fingerprint density at radius 1 is 1.25 bits per heavy atom. The highest BCUT2D eigenvalue weighted by Crippen LogP contribution is 2.36. The Balaban J connectivity index is 2.23. The van der Waals surface area contributed by atoms with E-state index in [9.17, 15) is 0 Å². The first-order valence-electron chi connectivity index (χ1n) is 3.37. The topological polar surface area (TPSA) is 27.6 Å². The van der Waals surface area contributed by atoms with Crippen LogP contribution in [-0.4, -0.2) is 6.04 Å². The lowest BCUT2D eigenvalue weighted by Gasteiger charge is -2.06. The first kappa shape index (κ1) is 4.57. The van der Waals surface area contributed by atoms with E-state index in [2.05, 4.69) is 17.9 Å². The van der Waals surface area contributed by atoms with E-state index in [-0.39, 0.29) is 0 Å². The number of quaternary nitrogens is 1. The third-order valence-electron chi connectivity index (χ3n) is 2.42. The van der Waals surface area contributed by atoms with Crippen LogP contribution in [0.2, 0.25) is 0 Å². The summed E-state index contributed by atoms with van der Waals surface area (Å²) in [5.74, 6) is 1.75. The minimum atomic E-state index is 0.741. The van der Waals surface area contributed by atoms with Gasteiger partial charge in [0.05, 0.1) is 6.04 Å². The smallest absolute Gasteiger partial charge is 0.0912 e. The van der Waals surface area contributed by atoms with Gasteiger partial charge in [0.2, 0.25) is 0 Å². The molecule has 1 nitrogen and oxygen atoms in total. The zero-order valence-corrected chi connectivity index (χ0v) is 5.01. The van der Waals surface area contributed by atoms with Crippen LogP contribution < -0.4 is 5.73 Å². The fraction of sp³-hybridized carbons (Fsp3) is 0.714. The van der Waals surface area contributed by atoms with Crippen LogP contribution >= 0.6 is 0 Å². The highest BCUT2D eigenvalue weighted by Gasteiger charge is 2.35. The van der Waals surface area contributed by atoms with Gasteiger partial charge in [0, 0.05) is 12.3 Å². The lowest BCUT2D eigenvalue weighted by atomic mass is 10.0. The van der Waals surface area contributed by atoms with Gasteiger partial charge in [0.15, 0.2) is 0 Å². The van der Waals surface area contributed by atoms with Gasteiger partial charge in [-0.25, -0.2) is 0 Å². The van der Waals surface area contributed by atoms with Crippen molar-refractivity contribution >= 4 is 0 Å². The molecular weight excluding hydrogens is 98.1 g/mol. The molecule has 2 bridgehead atoms. The molecule has 0 aromatic rings. The summed E-state index contributed by atoms with van der Waals surface area (Å²) in [4.78, 5) is 0. The molecule has 0 spiro atoms. The molecule has 3 N–H and O–H groups in total. The van der Waals surface area contributed by atoms with E-state index in [0.29, 0.717) is 0 Å². The molecule has 0 aliphatic heterocycles. The monoisotopic (exact) mass is 110 g/mol. The first-order valence-corrected chi connectivity index (χ1v) is 3.37. The van der Waals surface area contributed by atoms with Gasteiger partial charge >= 0.3 is 0 Å². The highest BCUT2D eigenvalue weighted by atomic mass is 14.7. The number of fused-ring (bicyclic) bond motifs is 2. The van der Waals surface area contributed by atoms with Crippen LogP contribution in [0.25, 0.3) is 0 Å². The lowest BCUT2D eigenvalue weighted by molar-refractivity contribution is -0.425. The van der Waals surface area contributed by atoms with Gasteiger partial charge in [-0.3, -0.25) is 0 Å². The Bertz CT molecular complexity index is 128. The van der Waals surface area contributed by atoms with E-state index in [1.165, 1.54) is 12.8 Å². The van der Waals surface area contributed by atoms with E-state index in [1.54, 1.807) is 0 Å². The summed E-state index contributed by atoms with van der Waals surface area (Å²) in [6.07, 6.45) is 7.44. The van der Waals surface area contributed by atoms with Crippen LogP contribution in [0.4, 0.5) is 0 Å². The average molecular weight is 110 g/mol. The summed E-state index contributed by atoms with van der Waals surface area (Å²) in [5.41, 5.74) is 4.07. The first-order chi connectivity index (χ1) is 3.86. The van der Waals surface area contributed by atoms with Crippen molar-refractivity contribution in [1.29, 1.82) is 0 Å². The molecule has 2 rings (SSSR count). The SMILES string of the molecule is [NH3+]C1CC2C=CC1C2. The van der Waals surface area contributed by atoms with Gasteiger partial charge in [-0.15, -0.1) is 0 Å². The van der Waals surface area contributed by atoms with Gasteiger partial charge in [0.1, 0.15) is 0 Å². The molecule has 0 aromatic heterocycles. The lowest BCUT2D eigenvalue weighted by Crippen LogP contribution is -2.62. The molecule has 8 heavy (non-hydrogen) atoms. The van der Waals surface area contributed by atoms with Crippen LogP contribution in [0.5, 0.6) is 0 Å². The maximum absolute atomic E-state index is 4.07. The average Bonchev–Trinajstić information content (AvgIpc) is 2.23. The van der Waals surface area contributed by atoms with Crippen molar-refractivity contribution in [1.82, 2.24) is 0 Å². The van der Waals surface area contributed by atoms with Crippen molar-refractivity contribution in [2.45, 2.75) is 18.9 Å². The van der Waals surface area contributed by atoms with Crippen LogP contribution in [0.1, 0.15) is 12.8 Å². The summed E-state index contributed by atoms with van der Waals surface area (Å²) in [6.45, 7) is 0. The van der Waals surface area contributed by atoms with Crippen molar-refractivity contribution in [3.8, 4) is 0 Å². The maximum atomic E-state index is 4.07. The molecule has 0 amide bonds. The molecule has 0 saturated heterocycles. The van der Waals surface area contributed by atoms with Gasteiger partial charge in [-0.05, 0) is 12.3 Å². The Morgan fingerprint density at radius 2 is 2.12 bits per heavy atom. The van der Waals surface area contributed by atoms with E-state index < -0.39 is 0 Å². The van der Waals surface area contributed by atoms with Gasteiger partial charge < -0.3 is 5.73 Å². The van der Waals surface area contributed by atoms with Crippen LogP contribution in [0, 0.1) is 11.8 Å². The summed E-state index contributed by atoms with van der Waals surface area (Å²) in [7, 11) is 0. The second-order valence-corrected chi connectivity index (χ2v) is 3.04. The van der Waals surface area contributed by atoms with Crippen molar-refractivity contribution in [2.75, 3.05) is 0 Å². The minimum Gasteiger partial charge on any atom is -0.355 e. The normalized spacial score (nSPS) is 50.9. The Kier molecular flexibility index (Phi) is 0.770. The van der Waals surface area contributed by atoms with Crippen molar-refractivity contribution in [3.63, 3.8) is 0 Å². The predicted octanol–water partition coefficient (Wildman–Crippen LogP) is 0.193. The van der Waals surface area contributed by atoms with Crippen LogP contribution in [-0.2, 0) is 0 Å². The van der Waals surface area contributed by atoms with Crippen LogP contribution in [0.15, 0.2) is 12.2 Å². The van der Waals surface area contributed by atoms with Crippen molar-refractivity contribution in [2.24, 2.45) is 11.8 Å². The van der Waals surface area contributed by atoms with Crippen LogP contribution in [0.3, 0.4) is 0 Å². The minimum absolute atomic E-state index is 0.741. The fourth-order valence-corrected chi connectivity index (χ4v) is 1.89. The second-order valence-electron chi connectivity index (χ2n) is 3.04. The molecule has 0 heterocycles. The molecule has 0 radical (unpaired) electrons. The van der Waals surface area contributed by atoms with E-state index in [4.69, 9.17) is 0 Å². The molecule has 44 valence electrons. The third kappa shape index (κ3) is 0.451. The Morgan fingerprint density at radius 3 is 2.38 bits per heavy atom. The summed E-state index contributed by atoms with van der Waals surface area (Å²) >= 11 is 0. The molecule has 2 aliphatic rings. The van der Waals surface area contributed by atoms with Gasteiger partial charge in [-0.2, -0.15) is 0 Å². The molecule has 0 aromatic carbocycles. The van der Waals surface area contributed by atoms with Gasteiger partial charge in [-0.1, -0.05) is 12.2 Å². The molecule has 1 saturated carbocycles. The molecular formula is C7H12N+. The number of allylic oxidation sites excluding steroid dienone is 1. The fourth-order valence-electron chi connectivity index (χ4n) is 1.89. The quantitative estimate of drug-likeness (QED) is 0.431. The predicted molar refractivity (Wildman–Crippen MR) is 32.0 cm³/mol. The Hall–Kier alpha value is -0.300. The number of hydrogen-bond donors (Lipinski definition) is 1. The zero-order valence-electron chi connectivity index (χ0n) is 5.01. The number of hydrogen-bond acceptors (Lipinski definition) is 0. The second kappa shape index (κ2) is 1.35. The third-order valence-corrected chi connectivity index (χ3v) is 2.42. The largest absolute Gasteiger partial charge is 0.355 e. The maximum Gasteiger partial charge on any atom is 0.0912 e. The summed E-state index contributed by atoms with van der Waals surface area (Å²) < 4.78 is 0. The van der Waals surface area contributed by atoms with E-state index in [1.807, 2.05) is 0 Å². The van der Waals surface area contributed by atoms with Gasteiger partial charge in [0.25, 0.3) is 0 Å². The van der Waals surface area contributed by atoms with Crippen molar-refractivity contribution < 1.29 is 5.73 Å². The summed E-state index contributed by atoms with van der Waals surface area (Å²) in [5, 5.41) is 0. The molecule has 1 fully saturated rings. The molecule has 1 heteroatoms. The van der Waals surface area contributed by atoms with E-state index >= 15 is 0 Å². The molecule has 3 unspecified atom stereocenters. The van der Waals surface area contributed by atoms with E-state index in [0.717, 1.165) is 17.9 Å². The van der Waals surface area contributed by atoms with Crippen molar-refractivity contribution in [3.05, 3.63) is 12.2 Å². The molecule has 3 atom stereocenters. The summed E-state index contributed by atoms with van der Waals surface area (Å²) in [6, 6.07) is 0.741. The molecule has 2 aliphatic carbocycles. The zero-order chi connectivity index (χ0) is 5.56. The number of rotatable bonds is 0. The Labute approximate surface area is 49.6 Å². The highest BCUT2D eigenvalue weighted by molar-refractivity contribution is 5.09. The standard InChI is InChI=1S/C7H11N/c8-7-4-5-1-2-6(7)3-5/h1-2,5-7H,3-4,8H2/p+1.